The van der Waals surface area contributed by atoms with Gasteiger partial charge < -0.3 is 9.88 Å². The van der Waals surface area contributed by atoms with Crippen molar-refractivity contribution in [2.75, 3.05) is 5.32 Å². The molecule has 4 aromatic carbocycles. The Bertz CT molecular complexity index is 1880. The van der Waals surface area contributed by atoms with E-state index in [2.05, 4.69) is 136 Å². The summed E-state index contributed by atoms with van der Waals surface area (Å²) in [6.07, 6.45) is 3.70. The first kappa shape index (κ1) is 22.9. The van der Waals surface area contributed by atoms with Crippen molar-refractivity contribution in [2.45, 2.75) is 6.92 Å². The van der Waals surface area contributed by atoms with Crippen LogP contribution in [-0.2, 0) is 0 Å². The first-order chi connectivity index (χ1) is 19.3. The third-order valence-electron chi connectivity index (χ3n) is 7.26. The molecule has 186 valence electrons. The number of anilines is 2. The Morgan fingerprint density at radius 2 is 1.26 bits per heavy atom. The monoisotopic (exact) mass is 502 g/mol. The second-order valence-corrected chi connectivity index (χ2v) is 9.69. The number of nitrogens with one attached hydrogen (secondary N) is 1. The Morgan fingerprint density at radius 3 is 2.08 bits per heavy atom. The molecule has 3 heterocycles. The van der Waals surface area contributed by atoms with E-state index in [1.165, 1.54) is 22.1 Å². The van der Waals surface area contributed by atoms with Crippen molar-refractivity contribution in [1.29, 1.82) is 0 Å². The number of rotatable bonds is 5. The average molecular weight is 503 g/mol. The zero-order valence-electron chi connectivity index (χ0n) is 21.5. The highest BCUT2D eigenvalue weighted by atomic mass is 15.0. The van der Waals surface area contributed by atoms with Crippen LogP contribution in [0.2, 0.25) is 0 Å². The van der Waals surface area contributed by atoms with E-state index < -0.39 is 0 Å². The van der Waals surface area contributed by atoms with Gasteiger partial charge in [-0.15, -0.1) is 0 Å². The topological polar surface area (TPSA) is 42.7 Å². The summed E-state index contributed by atoms with van der Waals surface area (Å²) < 4.78 is 2.29. The fourth-order valence-corrected chi connectivity index (χ4v) is 5.33. The van der Waals surface area contributed by atoms with Gasteiger partial charge in [0.25, 0.3) is 0 Å². The van der Waals surface area contributed by atoms with E-state index in [0.717, 1.165) is 44.9 Å². The molecule has 0 aliphatic heterocycles. The molecule has 4 heteroatoms. The molecule has 0 spiro atoms. The van der Waals surface area contributed by atoms with Gasteiger partial charge in [0.1, 0.15) is 0 Å². The normalized spacial score (nSPS) is 11.2. The number of hydrogen-bond donors (Lipinski definition) is 1. The molecule has 0 saturated carbocycles. The molecule has 0 aliphatic rings. The van der Waals surface area contributed by atoms with Gasteiger partial charge in [-0.25, -0.2) is 0 Å². The maximum absolute atomic E-state index is 4.67. The molecule has 0 atom stereocenters. The molecule has 0 saturated heterocycles. The lowest BCUT2D eigenvalue weighted by molar-refractivity contribution is 1.18. The van der Waals surface area contributed by atoms with Gasteiger partial charge in [-0.05, 0) is 78.2 Å². The van der Waals surface area contributed by atoms with Crippen LogP contribution in [0.3, 0.4) is 0 Å². The van der Waals surface area contributed by atoms with Crippen LogP contribution in [0, 0.1) is 6.92 Å². The van der Waals surface area contributed by atoms with Crippen molar-refractivity contribution in [2.24, 2.45) is 0 Å². The van der Waals surface area contributed by atoms with E-state index in [4.69, 9.17) is 0 Å². The Balaban J connectivity index is 1.17. The third kappa shape index (κ3) is 4.12. The number of aromatic nitrogens is 3. The number of benzene rings is 4. The summed E-state index contributed by atoms with van der Waals surface area (Å²) in [5, 5.41) is 4.73. The summed E-state index contributed by atoms with van der Waals surface area (Å²) in [4.78, 5) is 9.32. The average Bonchev–Trinajstić information content (AvgIpc) is 3.33. The molecule has 0 bridgehead atoms. The SMILES string of the molecule is Cc1ccccc1-c1ncccc1Nc1ccc(-c2ccc(-n3c4ccccc4c4ncccc43)cc2)cc1. The lowest BCUT2D eigenvalue weighted by Gasteiger charge is -2.13. The minimum absolute atomic E-state index is 0.954. The van der Waals surface area contributed by atoms with Crippen molar-refractivity contribution in [3.8, 4) is 28.1 Å². The van der Waals surface area contributed by atoms with Crippen LogP contribution >= 0.6 is 0 Å². The lowest BCUT2D eigenvalue weighted by Crippen LogP contribution is -1.96. The maximum atomic E-state index is 4.67. The molecule has 0 radical (unpaired) electrons. The molecule has 39 heavy (non-hydrogen) atoms. The highest BCUT2D eigenvalue weighted by Gasteiger charge is 2.13. The summed E-state index contributed by atoms with van der Waals surface area (Å²) >= 11 is 0. The molecule has 1 N–H and O–H groups in total. The van der Waals surface area contributed by atoms with Crippen LogP contribution in [0.1, 0.15) is 5.56 Å². The quantitative estimate of drug-likeness (QED) is 0.255. The zero-order chi connectivity index (χ0) is 26.2. The molecule has 3 aromatic heterocycles. The number of fused-ring (bicyclic) bond motifs is 3. The van der Waals surface area contributed by atoms with Gasteiger partial charge in [0.15, 0.2) is 0 Å². The molecule has 0 aliphatic carbocycles. The maximum Gasteiger partial charge on any atom is 0.0963 e. The second-order valence-electron chi connectivity index (χ2n) is 9.69. The largest absolute Gasteiger partial charge is 0.354 e. The van der Waals surface area contributed by atoms with Gasteiger partial charge in [-0.2, -0.15) is 0 Å². The second kappa shape index (κ2) is 9.58. The Hall–Kier alpha value is -5.22. The number of hydrogen-bond acceptors (Lipinski definition) is 3. The summed E-state index contributed by atoms with van der Waals surface area (Å²) in [5.41, 5.74) is 12.1. The Kier molecular flexibility index (Phi) is 5.64. The van der Waals surface area contributed by atoms with Gasteiger partial charge in [0.05, 0.1) is 27.9 Å². The molecule has 7 aromatic rings. The van der Waals surface area contributed by atoms with Gasteiger partial charge >= 0.3 is 0 Å². The number of nitrogens with zero attached hydrogens (tertiary/aromatic N) is 3. The highest BCUT2D eigenvalue weighted by Crippen LogP contribution is 2.33. The first-order valence-corrected chi connectivity index (χ1v) is 13.1. The fraction of sp³-hybridized carbons (Fsp3) is 0.0286. The van der Waals surface area contributed by atoms with Crippen LogP contribution in [0.4, 0.5) is 11.4 Å². The summed E-state index contributed by atoms with van der Waals surface area (Å²) in [6.45, 7) is 2.12. The van der Waals surface area contributed by atoms with Crippen molar-refractivity contribution in [1.82, 2.24) is 14.5 Å². The van der Waals surface area contributed by atoms with E-state index in [1.807, 2.05) is 24.5 Å². The third-order valence-corrected chi connectivity index (χ3v) is 7.26. The predicted molar refractivity (Wildman–Crippen MR) is 162 cm³/mol. The van der Waals surface area contributed by atoms with Crippen LogP contribution in [0.25, 0.3) is 50.0 Å². The van der Waals surface area contributed by atoms with Crippen LogP contribution in [0.5, 0.6) is 0 Å². The zero-order valence-corrected chi connectivity index (χ0v) is 21.5. The lowest BCUT2D eigenvalue weighted by atomic mass is 10.0. The number of para-hydroxylation sites is 1. The standard InChI is InChI=1S/C35H26N4/c1-24-8-2-3-9-29(24)34-31(11-6-22-36-34)38-27-18-14-25(15-19-27)26-16-20-28(21-17-26)39-32-12-5-4-10-30(32)35-33(39)13-7-23-37-35/h2-23,38H,1H3. The predicted octanol–water partition coefficient (Wildman–Crippen LogP) is 8.96. The van der Waals surface area contributed by atoms with E-state index >= 15 is 0 Å². The highest BCUT2D eigenvalue weighted by molar-refractivity contribution is 6.06. The Morgan fingerprint density at radius 1 is 0.590 bits per heavy atom. The van der Waals surface area contributed by atoms with Gasteiger partial charge in [0.2, 0.25) is 0 Å². The first-order valence-electron chi connectivity index (χ1n) is 13.1. The summed E-state index contributed by atoms with van der Waals surface area (Å²) in [6, 6.07) is 42.3. The molecule has 0 unspecified atom stereocenters. The molecule has 0 amide bonds. The van der Waals surface area contributed by atoms with Crippen molar-refractivity contribution in [3.05, 3.63) is 139 Å². The molecular weight excluding hydrogens is 476 g/mol. The molecule has 7 rings (SSSR count). The summed E-state index contributed by atoms with van der Waals surface area (Å²) in [5.74, 6) is 0. The van der Waals surface area contributed by atoms with Gasteiger partial charge in [-0.1, -0.05) is 66.7 Å². The van der Waals surface area contributed by atoms with E-state index in [0.29, 0.717) is 0 Å². The van der Waals surface area contributed by atoms with E-state index in [9.17, 15) is 0 Å². The fourth-order valence-electron chi connectivity index (χ4n) is 5.33. The minimum atomic E-state index is 0.954. The summed E-state index contributed by atoms with van der Waals surface area (Å²) in [7, 11) is 0. The van der Waals surface area contributed by atoms with E-state index in [-0.39, 0.29) is 0 Å². The Labute approximate surface area is 227 Å². The smallest absolute Gasteiger partial charge is 0.0963 e. The van der Waals surface area contributed by atoms with Crippen LogP contribution in [0.15, 0.2) is 134 Å². The minimum Gasteiger partial charge on any atom is -0.354 e. The number of aryl methyl sites for hydroxylation is 1. The molecule has 0 fully saturated rings. The molecule has 4 nitrogen and oxygen atoms in total. The number of pyridine rings is 2. The van der Waals surface area contributed by atoms with Crippen molar-refractivity contribution < 1.29 is 0 Å². The van der Waals surface area contributed by atoms with E-state index in [1.54, 1.807) is 0 Å². The van der Waals surface area contributed by atoms with Crippen LogP contribution < -0.4 is 5.32 Å². The van der Waals surface area contributed by atoms with Crippen LogP contribution in [-0.4, -0.2) is 14.5 Å². The molecular formula is C35H26N4. The van der Waals surface area contributed by atoms with Gasteiger partial charge in [0, 0.05) is 34.7 Å². The van der Waals surface area contributed by atoms with Crippen molar-refractivity contribution >= 4 is 33.3 Å². The van der Waals surface area contributed by atoms with Crippen molar-refractivity contribution in [3.63, 3.8) is 0 Å². The van der Waals surface area contributed by atoms with Gasteiger partial charge in [-0.3, -0.25) is 9.97 Å².